The van der Waals surface area contributed by atoms with Crippen molar-refractivity contribution in [2.75, 3.05) is 7.11 Å². The number of para-hydroxylation sites is 1. The van der Waals surface area contributed by atoms with Crippen molar-refractivity contribution in [1.82, 2.24) is 24.7 Å². The van der Waals surface area contributed by atoms with Crippen molar-refractivity contribution in [3.05, 3.63) is 73.1 Å². The molecule has 0 unspecified atom stereocenters. The molecule has 0 aliphatic rings. The number of hydrogen-bond acceptors (Lipinski definition) is 5. The molecule has 0 aliphatic heterocycles. The predicted octanol–water partition coefficient (Wildman–Crippen LogP) is 3.40. The number of aromatic nitrogens is 5. The minimum atomic E-state index is 0.426. The van der Waals surface area contributed by atoms with Crippen LogP contribution in [-0.4, -0.2) is 31.8 Å². The van der Waals surface area contributed by atoms with Crippen LogP contribution in [0.4, 0.5) is 0 Å². The average Bonchev–Trinajstić information content (AvgIpc) is 3.15. The molecular weight excluding hydrogens is 314 g/mol. The van der Waals surface area contributed by atoms with Gasteiger partial charge in [0.25, 0.3) is 0 Å². The zero-order chi connectivity index (χ0) is 17.1. The Morgan fingerprint density at radius 1 is 0.840 bits per heavy atom. The molecule has 6 nitrogen and oxygen atoms in total. The minimum Gasteiger partial charge on any atom is -0.480 e. The number of benzene rings is 2. The molecule has 4 rings (SSSR count). The predicted molar refractivity (Wildman–Crippen MR) is 94.4 cm³/mol. The van der Waals surface area contributed by atoms with Gasteiger partial charge in [0.2, 0.25) is 11.7 Å². The molecule has 2 heterocycles. The lowest BCUT2D eigenvalue weighted by Gasteiger charge is -2.05. The van der Waals surface area contributed by atoms with Gasteiger partial charge in [-0.05, 0) is 12.1 Å². The maximum absolute atomic E-state index is 5.15. The van der Waals surface area contributed by atoms with Crippen LogP contribution in [0.2, 0.25) is 0 Å². The molecule has 0 spiro atoms. The van der Waals surface area contributed by atoms with E-state index in [2.05, 4.69) is 15.1 Å². The minimum absolute atomic E-state index is 0.426. The fourth-order valence-electron chi connectivity index (χ4n) is 2.50. The van der Waals surface area contributed by atoms with Gasteiger partial charge >= 0.3 is 0 Å². The van der Waals surface area contributed by atoms with Crippen LogP contribution in [0.25, 0.3) is 28.6 Å². The smallest absolute Gasteiger partial charge is 0.232 e. The summed E-state index contributed by atoms with van der Waals surface area (Å²) in [4.78, 5) is 13.2. The second-order valence-corrected chi connectivity index (χ2v) is 5.32. The molecule has 0 fully saturated rings. The molecule has 2 aromatic carbocycles. The monoisotopic (exact) mass is 329 g/mol. The Labute approximate surface area is 144 Å². The molecule has 25 heavy (non-hydrogen) atoms. The Morgan fingerprint density at radius 3 is 2.28 bits per heavy atom. The summed E-state index contributed by atoms with van der Waals surface area (Å²) in [6.45, 7) is 0. The summed E-state index contributed by atoms with van der Waals surface area (Å²) in [5, 5.41) is 4.65. The normalized spacial score (nSPS) is 10.6. The Morgan fingerprint density at radius 2 is 1.56 bits per heavy atom. The van der Waals surface area contributed by atoms with E-state index in [0.29, 0.717) is 17.4 Å². The van der Waals surface area contributed by atoms with Gasteiger partial charge in [-0.1, -0.05) is 48.5 Å². The van der Waals surface area contributed by atoms with Crippen molar-refractivity contribution in [2.24, 2.45) is 0 Å². The second-order valence-electron chi connectivity index (χ2n) is 5.32. The highest BCUT2D eigenvalue weighted by Gasteiger charge is 2.16. The Bertz CT molecular complexity index is 926. The molecule has 0 radical (unpaired) electrons. The SMILES string of the molecule is COc1cncc(-c2nc(-c3ccccc3)n(-c3ccccc3)n2)n1. The van der Waals surface area contributed by atoms with Gasteiger partial charge < -0.3 is 4.74 Å². The van der Waals surface area contributed by atoms with E-state index in [1.165, 1.54) is 0 Å². The van der Waals surface area contributed by atoms with Crippen molar-refractivity contribution in [3.63, 3.8) is 0 Å². The first-order valence-corrected chi connectivity index (χ1v) is 7.79. The molecule has 4 aromatic rings. The third-order valence-electron chi connectivity index (χ3n) is 3.69. The van der Waals surface area contributed by atoms with E-state index in [1.807, 2.05) is 65.3 Å². The molecule has 0 saturated carbocycles. The maximum atomic E-state index is 5.15. The maximum Gasteiger partial charge on any atom is 0.232 e. The number of rotatable bonds is 4. The largest absolute Gasteiger partial charge is 0.480 e. The fraction of sp³-hybridized carbons (Fsp3) is 0.0526. The average molecular weight is 329 g/mol. The van der Waals surface area contributed by atoms with Gasteiger partial charge in [-0.15, -0.1) is 5.10 Å². The van der Waals surface area contributed by atoms with Gasteiger partial charge in [-0.2, -0.15) is 0 Å². The van der Waals surface area contributed by atoms with Crippen molar-refractivity contribution in [3.8, 4) is 34.5 Å². The third kappa shape index (κ3) is 2.97. The van der Waals surface area contributed by atoms with Gasteiger partial charge in [0, 0.05) is 5.56 Å². The van der Waals surface area contributed by atoms with Crippen LogP contribution >= 0.6 is 0 Å². The van der Waals surface area contributed by atoms with E-state index in [0.717, 1.165) is 17.1 Å². The van der Waals surface area contributed by atoms with E-state index in [9.17, 15) is 0 Å². The standard InChI is InChI=1S/C19H15N5O/c1-25-17-13-20-12-16(21-17)18-22-19(14-8-4-2-5-9-14)24(23-18)15-10-6-3-7-11-15/h2-13H,1H3. The first kappa shape index (κ1) is 15.0. The van der Waals surface area contributed by atoms with E-state index < -0.39 is 0 Å². The molecule has 0 bridgehead atoms. The van der Waals surface area contributed by atoms with E-state index >= 15 is 0 Å². The van der Waals surface area contributed by atoms with Crippen LogP contribution in [0, 0.1) is 0 Å². The molecule has 6 heteroatoms. The first-order valence-electron chi connectivity index (χ1n) is 7.79. The van der Waals surface area contributed by atoms with Crippen molar-refractivity contribution in [1.29, 1.82) is 0 Å². The highest BCUT2D eigenvalue weighted by Crippen LogP contribution is 2.24. The van der Waals surface area contributed by atoms with Crippen LogP contribution in [0.5, 0.6) is 5.88 Å². The zero-order valence-corrected chi connectivity index (χ0v) is 13.6. The first-order chi connectivity index (χ1) is 12.3. The number of nitrogens with zero attached hydrogens (tertiary/aromatic N) is 5. The van der Waals surface area contributed by atoms with E-state index in [4.69, 9.17) is 9.72 Å². The highest BCUT2D eigenvalue weighted by atomic mass is 16.5. The van der Waals surface area contributed by atoms with Gasteiger partial charge in [-0.25, -0.2) is 14.6 Å². The van der Waals surface area contributed by atoms with E-state index in [1.54, 1.807) is 19.5 Å². The zero-order valence-electron chi connectivity index (χ0n) is 13.6. The number of ether oxygens (including phenoxy) is 1. The Kier molecular flexibility index (Phi) is 3.92. The lowest BCUT2D eigenvalue weighted by atomic mass is 10.2. The summed E-state index contributed by atoms with van der Waals surface area (Å²) in [6, 6.07) is 19.8. The van der Waals surface area contributed by atoms with Gasteiger partial charge in [0.05, 0.1) is 25.2 Å². The Balaban J connectivity index is 1.89. The molecule has 2 aromatic heterocycles. The fourth-order valence-corrected chi connectivity index (χ4v) is 2.50. The van der Waals surface area contributed by atoms with Crippen molar-refractivity contribution < 1.29 is 4.74 Å². The highest BCUT2D eigenvalue weighted by molar-refractivity contribution is 5.62. The molecule has 0 aliphatic carbocycles. The van der Waals surface area contributed by atoms with Gasteiger partial charge in [0.15, 0.2) is 5.82 Å². The lowest BCUT2D eigenvalue weighted by molar-refractivity contribution is 0.396. The molecule has 0 N–H and O–H groups in total. The summed E-state index contributed by atoms with van der Waals surface area (Å²) in [5.41, 5.74) is 2.46. The quantitative estimate of drug-likeness (QED) is 0.574. The van der Waals surface area contributed by atoms with Crippen molar-refractivity contribution >= 4 is 0 Å². The van der Waals surface area contributed by atoms with Gasteiger partial charge in [-0.3, -0.25) is 4.98 Å². The Hall–Kier alpha value is -3.54. The van der Waals surface area contributed by atoms with E-state index in [-0.39, 0.29) is 0 Å². The second kappa shape index (κ2) is 6.52. The molecule has 0 amide bonds. The van der Waals surface area contributed by atoms with Crippen LogP contribution in [0.3, 0.4) is 0 Å². The summed E-state index contributed by atoms with van der Waals surface area (Å²) in [7, 11) is 1.55. The molecule has 0 saturated heterocycles. The third-order valence-corrected chi connectivity index (χ3v) is 3.69. The molecule has 0 atom stereocenters. The number of methoxy groups -OCH3 is 1. The summed E-state index contributed by atoms with van der Waals surface area (Å²) >= 11 is 0. The molecule has 122 valence electrons. The van der Waals surface area contributed by atoms with Crippen LogP contribution < -0.4 is 4.74 Å². The lowest BCUT2D eigenvalue weighted by Crippen LogP contribution is -1.99. The molecular formula is C19H15N5O. The van der Waals surface area contributed by atoms with Crippen LogP contribution in [-0.2, 0) is 0 Å². The summed E-state index contributed by atoms with van der Waals surface area (Å²) in [5.74, 6) is 1.66. The number of hydrogen-bond donors (Lipinski definition) is 0. The summed E-state index contributed by atoms with van der Waals surface area (Å²) < 4.78 is 6.96. The topological polar surface area (TPSA) is 65.7 Å². The van der Waals surface area contributed by atoms with Crippen LogP contribution in [0.1, 0.15) is 0 Å². The van der Waals surface area contributed by atoms with Crippen molar-refractivity contribution in [2.45, 2.75) is 0 Å². The van der Waals surface area contributed by atoms with Gasteiger partial charge in [0.1, 0.15) is 5.69 Å². The van der Waals surface area contributed by atoms with Crippen LogP contribution in [0.15, 0.2) is 73.1 Å². The summed E-state index contributed by atoms with van der Waals surface area (Å²) in [6.07, 6.45) is 3.18.